The smallest absolute Gasteiger partial charge is 0.245 e. The largest absolute Gasteiger partial charge is 0.395 e. The van der Waals surface area contributed by atoms with Crippen molar-refractivity contribution in [3.05, 3.63) is 23.8 Å². The maximum atomic E-state index is 12.3. The number of anilines is 1. The standard InChI is InChI=1S/C13H15NO5S/c1-8(16)10-3-4-12-11(7-10)14(5-6-15)13(17)9(2)20(12,18)19/h3-4,7,9,15H,5-6H2,1-2H3. The first-order valence-electron chi connectivity index (χ1n) is 6.12. The first kappa shape index (κ1) is 14.7. The number of aliphatic hydroxyl groups is 1. The molecule has 1 aliphatic heterocycles. The summed E-state index contributed by atoms with van der Waals surface area (Å²) in [6.45, 7) is 2.39. The van der Waals surface area contributed by atoms with Crippen molar-refractivity contribution in [2.75, 3.05) is 18.1 Å². The zero-order chi connectivity index (χ0) is 15.1. The van der Waals surface area contributed by atoms with E-state index in [2.05, 4.69) is 0 Å². The lowest BCUT2D eigenvalue weighted by Gasteiger charge is -2.32. The SMILES string of the molecule is CC(=O)c1ccc2c(c1)N(CCO)C(=O)C(C)S2(=O)=O. The molecule has 6 nitrogen and oxygen atoms in total. The molecule has 0 radical (unpaired) electrons. The van der Waals surface area contributed by atoms with E-state index in [1.165, 1.54) is 36.9 Å². The number of carbonyl (C=O) groups excluding carboxylic acids is 2. The summed E-state index contributed by atoms with van der Waals surface area (Å²) in [5.41, 5.74) is 0.485. The number of hydrogen-bond acceptors (Lipinski definition) is 5. The van der Waals surface area contributed by atoms with Gasteiger partial charge in [0, 0.05) is 12.1 Å². The minimum absolute atomic E-state index is 0.00689. The normalized spacial score (nSPS) is 20.6. The van der Waals surface area contributed by atoms with Crippen molar-refractivity contribution in [1.82, 2.24) is 0 Å². The zero-order valence-corrected chi connectivity index (χ0v) is 12.0. The fraction of sp³-hybridized carbons (Fsp3) is 0.385. The molecule has 0 aliphatic carbocycles. The number of carbonyl (C=O) groups is 2. The molecule has 1 aromatic carbocycles. The van der Waals surface area contributed by atoms with E-state index in [-0.39, 0.29) is 29.5 Å². The molecule has 1 unspecified atom stereocenters. The number of benzene rings is 1. The van der Waals surface area contributed by atoms with Crippen LogP contribution in [0.25, 0.3) is 0 Å². The van der Waals surface area contributed by atoms with Crippen LogP contribution in [0.2, 0.25) is 0 Å². The summed E-state index contributed by atoms with van der Waals surface area (Å²) in [5.74, 6) is -0.813. The Bertz CT molecular complexity index is 680. The van der Waals surface area contributed by atoms with Crippen molar-refractivity contribution in [2.24, 2.45) is 0 Å². The number of hydrogen-bond donors (Lipinski definition) is 1. The van der Waals surface area contributed by atoms with E-state index in [0.717, 1.165) is 0 Å². The van der Waals surface area contributed by atoms with Gasteiger partial charge in [-0.15, -0.1) is 0 Å². The number of β-amino-alcohol motifs (C(OH)–C–C–N with tert-alkyl or cyclic N) is 1. The minimum Gasteiger partial charge on any atom is -0.395 e. The average Bonchev–Trinajstić information content (AvgIpc) is 2.41. The van der Waals surface area contributed by atoms with Gasteiger partial charge in [0.15, 0.2) is 15.6 Å². The van der Waals surface area contributed by atoms with Crippen molar-refractivity contribution >= 4 is 27.2 Å². The topological polar surface area (TPSA) is 91.8 Å². The molecule has 1 aliphatic rings. The Morgan fingerprint density at radius 2 is 2.05 bits per heavy atom. The van der Waals surface area contributed by atoms with E-state index in [4.69, 9.17) is 5.11 Å². The third-order valence-electron chi connectivity index (χ3n) is 3.37. The lowest BCUT2D eigenvalue weighted by molar-refractivity contribution is -0.118. The van der Waals surface area contributed by atoms with Crippen LogP contribution in [0.3, 0.4) is 0 Å². The Kier molecular flexibility index (Phi) is 3.66. The second-order valence-electron chi connectivity index (χ2n) is 4.64. The van der Waals surface area contributed by atoms with Crippen molar-refractivity contribution < 1.29 is 23.1 Å². The fourth-order valence-corrected chi connectivity index (χ4v) is 3.67. The summed E-state index contributed by atoms with van der Waals surface area (Å²) in [6.07, 6.45) is 0. The molecule has 2 rings (SSSR count). The highest BCUT2D eigenvalue weighted by Crippen LogP contribution is 2.35. The molecule has 0 fully saturated rings. The van der Waals surface area contributed by atoms with Gasteiger partial charge in [0.2, 0.25) is 5.91 Å². The molecule has 0 saturated heterocycles. The molecule has 108 valence electrons. The summed E-state index contributed by atoms with van der Waals surface area (Å²) >= 11 is 0. The lowest BCUT2D eigenvalue weighted by Crippen LogP contribution is -2.47. The van der Waals surface area contributed by atoms with Gasteiger partial charge >= 0.3 is 0 Å². The van der Waals surface area contributed by atoms with Gasteiger partial charge in [-0.1, -0.05) is 0 Å². The third kappa shape index (κ3) is 2.12. The van der Waals surface area contributed by atoms with E-state index in [1.54, 1.807) is 0 Å². The van der Waals surface area contributed by atoms with Crippen LogP contribution < -0.4 is 4.90 Å². The summed E-state index contributed by atoms with van der Waals surface area (Å²) in [7, 11) is -3.75. The van der Waals surface area contributed by atoms with Crippen LogP contribution >= 0.6 is 0 Å². The summed E-state index contributed by atoms with van der Waals surface area (Å²) < 4.78 is 24.5. The highest BCUT2D eigenvalue weighted by atomic mass is 32.2. The maximum Gasteiger partial charge on any atom is 0.245 e. The van der Waals surface area contributed by atoms with E-state index in [9.17, 15) is 18.0 Å². The first-order valence-corrected chi connectivity index (χ1v) is 7.66. The molecule has 1 heterocycles. The number of nitrogens with zero attached hydrogens (tertiary/aromatic N) is 1. The maximum absolute atomic E-state index is 12.3. The van der Waals surface area contributed by atoms with E-state index >= 15 is 0 Å². The number of ketones is 1. The zero-order valence-electron chi connectivity index (χ0n) is 11.2. The molecular weight excluding hydrogens is 282 g/mol. The Balaban J connectivity index is 2.71. The summed E-state index contributed by atoms with van der Waals surface area (Å²) in [4.78, 5) is 24.8. The number of sulfone groups is 1. The lowest BCUT2D eigenvalue weighted by atomic mass is 10.1. The van der Waals surface area contributed by atoms with E-state index in [1.807, 2.05) is 0 Å². The van der Waals surface area contributed by atoms with Crippen molar-refractivity contribution in [3.8, 4) is 0 Å². The molecule has 1 N–H and O–H groups in total. The molecule has 20 heavy (non-hydrogen) atoms. The van der Waals surface area contributed by atoms with Gasteiger partial charge < -0.3 is 10.0 Å². The number of Topliss-reactive ketones (excluding diaryl/α,β-unsaturated/α-hetero) is 1. The highest BCUT2D eigenvalue weighted by molar-refractivity contribution is 7.93. The fourth-order valence-electron chi connectivity index (χ4n) is 2.18. The molecule has 7 heteroatoms. The Hall–Kier alpha value is -1.73. The Labute approximate surface area is 116 Å². The van der Waals surface area contributed by atoms with Crippen LogP contribution in [0.5, 0.6) is 0 Å². The molecule has 0 bridgehead atoms. The molecule has 1 aromatic rings. The van der Waals surface area contributed by atoms with Crippen molar-refractivity contribution in [1.29, 1.82) is 0 Å². The average molecular weight is 297 g/mol. The van der Waals surface area contributed by atoms with E-state index < -0.39 is 21.0 Å². The van der Waals surface area contributed by atoms with Crippen LogP contribution in [-0.2, 0) is 14.6 Å². The number of aliphatic hydroxyl groups excluding tert-OH is 1. The monoisotopic (exact) mass is 297 g/mol. The van der Waals surface area contributed by atoms with Gasteiger partial charge in [-0.3, -0.25) is 9.59 Å². The summed E-state index contributed by atoms with van der Waals surface area (Å²) in [6, 6.07) is 4.15. The van der Waals surface area contributed by atoms with Gasteiger partial charge in [-0.05, 0) is 32.0 Å². The highest BCUT2D eigenvalue weighted by Gasteiger charge is 2.41. The van der Waals surface area contributed by atoms with Crippen LogP contribution in [-0.4, -0.2) is 43.6 Å². The third-order valence-corrected chi connectivity index (χ3v) is 5.46. The van der Waals surface area contributed by atoms with Crippen LogP contribution in [0.1, 0.15) is 24.2 Å². The molecular formula is C13H15NO5S. The first-order chi connectivity index (χ1) is 9.30. The molecule has 1 amide bonds. The Morgan fingerprint density at radius 1 is 1.40 bits per heavy atom. The number of fused-ring (bicyclic) bond motifs is 1. The van der Waals surface area contributed by atoms with Gasteiger partial charge in [-0.25, -0.2) is 8.42 Å². The molecule has 0 saturated carbocycles. The predicted octanol–water partition coefficient (Wildman–Crippen LogP) is 0.390. The quantitative estimate of drug-likeness (QED) is 0.815. The second-order valence-corrected chi connectivity index (χ2v) is 6.88. The Morgan fingerprint density at radius 3 is 2.60 bits per heavy atom. The van der Waals surface area contributed by atoms with Crippen LogP contribution in [0, 0.1) is 0 Å². The second kappa shape index (κ2) is 4.99. The molecule has 0 aromatic heterocycles. The predicted molar refractivity (Wildman–Crippen MR) is 72.5 cm³/mol. The van der Waals surface area contributed by atoms with Crippen LogP contribution in [0.4, 0.5) is 5.69 Å². The van der Waals surface area contributed by atoms with E-state index in [0.29, 0.717) is 5.56 Å². The number of amides is 1. The van der Waals surface area contributed by atoms with Crippen LogP contribution in [0.15, 0.2) is 23.1 Å². The van der Waals surface area contributed by atoms with Gasteiger partial charge in [0.25, 0.3) is 0 Å². The van der Waals surface area contributed by atoms with Crippen molar-refractivity contribution in [2.45, 2.75) is 24.0 Å². The van der Waals surface area contributed by atoms with Gasteiger partial charge in [-0.2, -0.15) is 0 Å². The van der Waals surface area contributed by atoms with Gasteiger partial charge in [0.05, 0.1) is 17.2 Å². The summed E-state index contributed by atoms with van der Waals surface area (Å²) in [5, 5.41) is 7.86. The minimum atomic E-state index is -3.75. The van der Waals surface area contributed by atoms with Crippen molar-refractivity contribution in [3.63, 3.8) is 0 Å². The molecule has 1 atom stereocenters. The van der Waals surface area contributed by atoms with Gasteiger partial charge in [0.1, 0.15) is 5.25 Å². The molecule has 0 spiro atoms. The number of rotatable bonds is 3.